The van der Waals surface area contributed by atoms with Gasteiger partial charge < -0.3 is 15.9 Å². The largest absolute Gasteiger partial charge is 0.490 e. The van der Waals surface area contributed by atoms with Crippen molar-refractivity contribution in [1.82, 2.24) is 14.9 Å². The maximum Gasteiger partial charge on any atom is 0.490 e. The molecule has 1 aromatic heterocycles. The van der Waals surface area contributed by atoms with Crippen LogP contribution in [0.5, 0.6) is 0 Å². The molecule has 12 heteroatoms. The molecule has 1 saturated carbocycles. The lowest BCUT2D eigenvalue weighted by atomic mass is 9.68. The first-order chi connectivity index (χ1) is 19.4. The summed E-state index contributed by atoms with van der Waals surface area (Å²) in [5, 5.41) is 17.3. The van der Waals surface area contributed by atoms with Crippen molar-refractivity contribution in [3.05, 3.63) is 82.3 Å². The topological polar surface area (TPSA) is 130 Å². The number of fused-ring (bicyclic) bond motifs is 1. The Hall–Kier alpha value is -3.54. The number of nitrogens with zero attached hydrogens (tertiary/aromatic N) is 3. The number of carboxylic acid groups (broad SMARTS) is 2. The summed E-state index contributed by atoms with van der Waals surface area (Å²) in [6.07, 6.45) is 1.67. The summed E-state index contributed by atoms with van der Waals surface area (Å²) in [5.74, 6) is -3.69. The Labute approximate surface area is 240 Å². The molecule has 4 N–H and O–H groups in total. The van der Waals surface area contributed by atoms with Gasteiger partial charge in [0.15, 0.2) is 0 Å². The number of rotatable bonds is 5. The molecule has 1 fully saturated rings. The molecule has 2 aromatic carbocycles. The van der Waals surface area contributed by atoms with Crippen LogP contribution in [0.2, 0.25) is 5.02 Å². The fraction of sp³-hybridized carbons (Fsp3) is 0.379. The van der Waals surface area contributed by atoms with Crippen molar-refractivity contribution in [2.75, 3.05) is 13.1 Å². The number of aromatic carboxylic acids is 1. The van der Waals surface area contributed by atoms with E-state index in [1.165, 1.54) is 5.56 Å². The van der Waals surface area contributed by atoms with Crippen molar-refractivity contribution >= 4 is 23.5 Å². The number of alkyl halides is 3. The molecule has 41 heavy (non-hydrogen) atoms. The number of hydrogen-bond donors (Lipinski definition) is 3. The van der Waals surface area contributed by atoms with Crippen LogP contribution in [0.4, 0.5) is 13.2 Å². The van der Waals surface area contributed by atoms with Crippen molar-refractivity contribution < 1.29 is 33.0 Å². The number of benzene rings is 2. The Morgan fingerprint density at radius 1 is 1.07 bits per heavy atom. The first-order valence-corrected chi connectivity index (χ1v) is 13.5. The predicted molar refractivity (Wildman–Crippen MR) is 147 cm³/mol. The van der Waals surface area contributed by atoms with Gasteiger partial charge in [-0.2, -0.15) is 13.2 Å². The molecule has 0 atom stereocenters. The molecule has 0 amide bonds. The number of carbonyl (C=O) groups is 2. The van der Waals surface area contributed by atoms with E-state index in [-0.39, 0.29) is 11.0 Å². The Morgan fingerprint density at radius 3 is 2.37 bits per heavy atom. The third-order valence-corrected chi connectivity index (χ3v) is 8.15. The number of aliphatic carboxylic acids is 1. The molecule has 0 spiro atoms. The second-order valence-electron chi connectivity index (χ2n) is 10.3. The summed E-state index contributed by atoms with van der Waals surface area (Å²) in [7, 11) is 0. The predicted octanol–water partition coefficient (Wildman–Crippen LogP) is 5.33. The molecule has 218 valence electrons. The highest BCUT2D eigenvalue weighted by atomic mass is 35.5. The second kappa shape index (κ2) is 12.5. The van der Waals surface area contributed by atoms with E-state index in [0.29, 0.717) is 12.6 Å². The first-order valence-electron chi connectivity index (χ1n) is 13.1. The summed E-state index contributed by atoms with van der Waals surface area (Å²) in [6.45, 7) is 2.37. The maximum absolute atomic E-state index is 11.4. The van der Waals surface area contributed by atoms with Gasteiger partial charge in [0, 0.05) is 47.2 Å². The number of nitrogens with two attached hydrogens (primary N) is 1. The molecule has 0 unspecified atom stereocenters. The van der Waals surface area contributed by atoms with Gasteiger partial charge in [0.25, 0.3) is 0 Å². The quantitative estimate of drug-likeness (QED) is 0.364. The first kappa shape index (κ1) is 30.4. The minimum Gasteiger partial charge on any atom is -0.478 e. The molecule has 2 aliphatic rings. The average Bonchev–Trinajstić information content (AvgIpc) is 2.96. The lowest BCUT2D eigenvalue weighted by Crippen LogP contribution is -2.47. The van der Waals surface area contributed by atoms with E-state index in [9.17, 15) is 23.1 Å². The van der Waals surface area contributed by atoms with Crippen LogP contribution >= 0.6 is 11.6 Å². The summed E-state index contributed by atoms with van der Waals surface area (Å²) in [5.41, 5.74) is 11.7. The van der Waals surface area contributed by atoms with Crippen molar-refractivity contribution in [2.45, 2.75) is 56.3 Å². The van der Waals surface area contributed by atoms with Crippen LogP contribution in [0.15, 0.2) is 54.9 Å². The fourth-order valence-corrected chi connectivity index (χ4v) is 5.87. The molecular formula is C29H30ClF3N4O4. The molecule has 5 rings (SSSR count). The lowest BCUT2D eigenvalue weighted by molar-refractivity contribution is -0.192. The zero-order valence-corrected chi connectivity index (χ0v) is 22.8. The van der Waals surface area contributed by atoms with Gasteiger partial charge in [-0.15, -0.1) is 0 Å². The summed E-state index contributed by atoms with van der Waals surface area (Å²) in [6, 6.07) is 15.7. The third kappa shape index (κ3) is 7.03. The Kier molecular flexibility index (Phi) is 9.31. The minimum absolute atomic E-state index is 0.000406. The molecule has 1 aliphatic heterocycles. The third-order valence-electron chi connectivity index (χ3n) is 7.92. The minimum atomic E-state index is -5.08. The lowest BCUT2D eigenvalue weighted by Gasteiger charge is -2.44. The van der Waals surface area contributed by atoms with Gasteiger partial charge in [-0.05, 0) is 61.9 Å². The summed E-state index contributed by atoms with van der Waals surface area (Å²) >= 11 is 6.27. The Bertz CT molecular complexity index is 1410. The van der Waals surface area contributed by atoms with Gasteiger partial charge in [0.05, 0.1) is 17.0 Å². The smallest absolute Gasteiger partial charge is 0.478 e. The number of carboxylic acids is 2. The monoisotopic (exact) mass is 590 g/mol. The molecule has 3 aromatic rings. The average molecular weight is 591 g/mol. The van der Waals surface area contributed by atoms with Crippen LogP contribution in [0.1, 0.15) is 52.9 Å². The highest BCUT2D eigenvalue weighted by Gasteiger charge is 2.39. The molecule has 8 nitrogen and oxygen atoms in total. The van der Waals surface area contributed by atoms with Crippen LogP contribution in [-0.2, 0) is 23.2 Å². The molecule has 2 heterocycles. The van der Waals surface area contributed by atoms with Crippen molar-refractivity contribution in [1.29, 1.82) is 0 Å². The number of hydrogen-bond acceptors (Lipinski definition) is 6. The van der Waals surface area contributed by atoms with Crippen molar-refractivity contribution in [3.8, 4) is 11.3 Å². The molecule has 0 bridgehead atoms. The second-order valence-corrected chi connectivity index (χ2v) is 10.7. The molecule has 0 radical (unpaired) electrons. The van der Waals surface area contributed by atoms with Gasteiger partial charge in [-0.25, -0.2) is 19.6 Å². The van der Waals surface area contributed by atoms with Gasteiger partial charge >= 0.3 is 18.1 Å². The van der Waals surface area contributed by atoms with Crippen molar-refractivity contribution in [3.63, 3.8) is 0 Å². The van der Waals surface area contributed by atoms with Crippen LogP contribution in [0, 0.1) is 0 Å². The van der Waals surface area contributed by atoms with E-state index < -0.39 is 18.1 Å². The Balaban J connectivity index is 0.000000493. The van der Waals surface area contributed by atoms with Crippen LogP contribution in [0.3, 0.4) is 0 Å². The van der Waals surface area contributed by atoms with Crippen molar-refractivity contribution in [2.24, 2.45) is 5.73 Å². The fourth-order valence-electron chi connectivity index (χ4n) is 5.68. The van der Waals surface area contributed by atoms with Gasteiger partial charge in [-0.3, -0.25) is 4.90 Å². The van der Waals surface area contributed by atoms with Gasteiger partial charge in [0.1, 0.15) is 6.33 Å². The summed E-state index contributed by atoms with van der Waals surface area (Å²) < 4.78 is 31.7. The normalized spacial score (nSPS) is 20.9. The van der Waals surface area contributed by atoms with E-state index in [1.807, 2.05) is 18.2 Å². The zero-order valence-electron chi connectivity index (χ0n) is 22.1. The maximum atomic E-state index is 11.4. The van der Waals surface area contributed by atoms with E-state index in [4.69, 9.17) is 27.2 Å². The molecular weight excluding hydrogens is 561 g/mol. The van der Waals surface area contributed by atoms with E-state index in [1.54, 1.807) is 24.5 Å². The van der Waals surface area contributed by atoms with Crippen LogP contribution < -0.4 is 5.73 Å². The highest BCUT2D eigenvalue weighted by Crippen LogP contribution is 2.42. The van der Waals surface area contributed by atoms with Gasteiger partial charge in [0.2, 0.25) is 0 Å². The number of aromatic nitrogens is 2. The highest BCUT2D eigenvalue weighted by molar-refractivity contribution is 6.30. The number of halogens is 4. The zero-order chi connectivity index (χ0) is 29.8. The van der Waals surface area contributed by atoms with Crippen LogP contribution in [-0.4, -0.2) is 62.3 Å². The summed E-state index contributed by atoms with van der Waals surface area (Å²) in [4.78, 5) is 32.0. The van der Waals surface area contributed by atoms with E-state index >= 15 is 0 Å². The van der Waals surface area contributed by atoms with E-state index in [2.05, 4.69) is 27.0 Å². The molecule has 1 aliphatic carbocycles. The SMILES string of the molecule is NC[C@]1(c2cccc(Cl)c2)CC[C@H](N2CCc3c(ncnc3-c3cccc(C(=O)O)c3)C2)CC1.O=C(O)C(F)(F)F. The standard InChI is InChI=1S/C27H29ClN4O2.C2HF3O2/c28-21-6-2-5-20(14-21)27(16-29)10-7-22(8-11-27)32-12-9-23-24(15-32)30-17-31-25(23)18-3-1-4-19(13-18)26(33)34;3-2(4,5)1(6)7/h1-6,13-14,17,22H,7-12,15-16,29H2,(H,33,34);(H,6,7)/t22-,27-;. The van der Waals surface area contributed by atoms with E-state index in [0.717, 1.165) is 72.7 Å². The molecule has 0 saturated heterocycles. The Morgan fingerprint density at radius 2 is 1.76 bits per heavy atom. The van der Waals surface area contributed by atoms with Gasteiger partial charge in [-0.1, -0.05) is 35.9 Å². The van der Waals surface area contributed by atoms with Crippen LogP contribution in [0.25, 0.3) is 11.3 Å².